The number of hydrogen-bond donors (Lipinski definition) is 2. The van der Waals surface area contributed by atoms with Gasteiger partial charge in [-0.25, -0.2) is 9.78 Å². The highest BCUT2D eigenvalue weighted by atomic mass is 32.1. The van der Waals surface area contributed by atoms with E-state index in [2.05, 4.69) is 15.0 Å². The highest BCUT2D eigenvalue weighted by Gasteiger charge is 2.20. The van der Waals surface area contributed by atoms with Gasteiger partial charge in [-0.15, -0.1) is 11.3 Å². The van der Waals surface area contributed by atoms with E-state index in [9.17, 15) is 14.4 Å². The van der Waals surface area contributed by atoms with Crippen LogP contribution in [0, 0.1) is 6.92 Å². The van der Waals surface area contributed by atoms with Crippen LogP contribution in [-0.4, -0.2) is 41.1 Å². The number of aromatic nitrogens is 1. The second kappa shape index (κ2) is 8.15. The number of nitrogens with zero attached hydrogens (tertiary/aromatic N) is 1. The third-order valence-electron chi connectivity index (χ3n) is 2.52. The van der Waals surface area contributed by atoms with Gasteiger partial charge in [0.05, 0.1) is 17.8 Å². The van der Waals surface area contributed by atoms with Crippen LogP contribution in [0.1, 0.15) is 23.5 Å². The molecule has 0 fully saturated rings. The fourth-order valence-corrected chi connectivity index (χ4v) is 2.04. The Kier molecular flexibility index (Phi) is 6.54. The molecule has 2 N–H and O–H groups in total. The smallest absolute Gasteiger partial charge is 0.326 e. The summed E-state index contributed by atoms with van der Waals surface area (Å²) in [5.41, 5.74) is 0.633. The molecule has 21 heavy (non-hydrogen) atoms. The van der Waals surface area contributed by atoms with Gasteiger partial charge in [-0.1, -0.05) is 0 Å². The van der Waals surface area contributed by atoms with E-state index in [0.717, 1.165) is 5.01 Å². The molecule has 1 amide bonds. The van der Waals surface area contributed by atoms with E-state index < -0.39 is 23.9 Å². The van der Waals surface area contributed by atoms with Crippen LogP contribution in [0.5, 0.6) is 0 Å². The minimum absolute atomic E-state index is 0.0304. The Hall–Kier alpha value is -2.22. The first-order valence-electron chi connectivity index (χ1n) is 6.12. The van der Waals surface area contributed by atoms with Crippen molar-refractivity contribution in [1.82, 2.24) is 10.3 Å². The van der Waals surface area contributed by atoms with Crippen molar-refractivity contribution in [1.29, 1.82) is 0 Å². The van der Waals surface area contributed by atoms with Gasteiger partial charge >= 0.3 is 11.9 Å². The number of carbonyl (C=O) groups is 3. The Labute approximate surface area is 125 Å². The predicted molar refractivity (Wildman–Crippen MR) is 76.7 cm³/mol. The number of carboxylic acid groups (broad SMARTS) is 1. The molecular formula is C13H16N2O5S. The molecule has 0 aliphatic carbocycles. The highest BCUT2D eigenvalue weighted by Crippen LogP contribution is 2.09. The maximum Gasteiger partial charge on any atom is 0.326 e. The Balaban J connectivity index is 2.54. The van der Waals surface area contributed by atoms with Crippen LogP contribution in [0.3, 0.4) is 0 Å². The van der Waals surface area contributed by atoms with Crippen LogP contribution >= 0.6 is 11.3 Å². The van der Waals surface area contributed by atoms with Crippen LogP contribution in [0.15, 0.2) is 11.5 Å². The minimum atomic E-state index is -1.20. The molecular weight excluding hydrogens is 296 g/mol. The van der Waals surface area contributed by atoms with Crippen molar-refractivity contribution in [3.8, 4) is 0 Å². The number of aliphatic carboxylic acids is 1. The number of esters is 1. The zero-order chi connectivity index (χ0) is 15.8. The van der Waals surface area contributed by atoms with Crippen LogP contribution in [-0.2, 0) is 19.1 Å². The summed E-state index contributed by atoms with van der Waals surface area (Å²) in [5.74, 6) is -2.29. The number of ether oxygens (including phenoxy) is 1. The zero-order valence-corrected chi connectivity index (χ0v) is 12.5. The lowest BCUT2D eigenvalue weighted by Gasteiger charge is -2.12. The SMILES string of the molecule is COC(=O)CCC(NC(=O)/C=C/c1csc(C)n1)C(=O)O. The number of hydrogen-bond acceptors (Lipinski definition) is 6. The molecule has 0 aliphatic rings. The number of carbonyl (C=O) groups excluding carboxylic acids is 2. The summed E-state index contributed by atoms with van der Waals surface area (Å²) in [6.07, 6.45) is 2.60. The quantitative estimate of drug-likeness (QED) is 0.574. The number of nitrogens with one attached hydrogen (secondary N) is 1. The summed E-state index contributed by atoms with van der Waals surface area (Å²) in [7, 11) is 1.22. The molecule has 1 rings (SSSR count). The van der Waals surface area contributed by atoms with Gasteiger partial charge in [0, 0.05) is 17.9 Å². The third-order valence-corrected chi connectivity index (χ3v) is 3.31. The second-order valence-corrected chi connectivity index (χ2v) is 5.20. The van der Waals surface area contributed by atoms with Crippen LogP contribution < -0.4 is 5.32 Å². The van der Waals surface area contributed by atoms with Gasteiger partial charge < -0.3 is 15.2 Å². The van der Waals surface area contributed by atoms with Crippen molar-refractivity contribution in [3.63, 3.8) is 0 Å². The minimum Gasteiger partial charge on any atom is -0.480 e. The van der Waals surface area contributed by atoms with Crippen LogP contribution in [0.2, 0.25) is 0 Å². The highest BCUT2D eigenvalue weighted by molar-refractivity contribution is 7.09. The molecule has 8 heteroatoms. The van der Waals surface area contributed by atoms with Crippen molar-refractivity contribution in [2.75, 3.05) is 7.11 Å². The second-order valence-electron chi connectivity index (χ2n) is 4.14. The van der Waals surface area contributed by atoms with Crippen molar-refractivity contribution in [2.45, 2.75) is 25.8 Å². The molecule has 7 nitrogen and oxygen atoms in total. The third kappa shape index (κ3) is 6.17. The van der Waals surface area contributed by atoms with E-state index in [1.165, 1.54) is 30.6 Å². The van der Waals surface area contributed by atoms with E-state index >= 15 is 0 Å². The summed E-state index contributed by atoms with van der Waals surface area (Å²) in [4.78, 5) is 37.8. The van der Waals surface area contributed by atoms with Crippen LogP contribution in [0.25, 0.3) is 6.08 Å². The molecule has 0 radical (unpaired) electrons. The van der Waals surface area contributed by atoms with Crippen LogP contribution in [0.4, 0.5) is 0 Å². The predicted octanol–water partition coefficient (Wildman–Crippen LogP) is 0.987. The number of thiazole rings is 1. The molecule has 114 valence electrons. The first-order chi connectivity index (χ1) is 9.92. The Morgan fingerprint density at radius 3 is 2.76 bits per heavy atom. The van der Waals surface area contributed by atoms with E-state index in [4.69, 9.17) is 5.11 Å². The molecule has 1 unspecified atom stereocenters. The monoisotopic (exact) mass is 312 g/mol. The molecule has 1 heterocycles. The molecule has 0 saturated heterocycles. The van der Waals surface area contributed by atoms with E-state index in [0.29, 0.717) is 5.69 Å². The molecule has 0 spiro atoms. The van der Waals surface area contributed by atoms with Gasteiger partial charge in [0.1, 0.15) is 6.04 Å². The summed E-state index contributed by atoms with van der Waals surface area (Å²) >= 11 is 1.45. The fraction of sp³-hybridized carbons (Fsp3) is 0.385. The maximum atomic E-state index is 11.7. The Morgan fingerprint density at radius 2 is 2.24 bits per heavy atom. The first-order valence-corrected chi connectivity index (χ1v) is 7.00. The standard InChI is InChI=1S/C13H16N2O5S/c1-8-14-9(7-21-8)3-5-11(16)15-10(13(18)19)4-6-12(17)20-2/h3,5,7,10H,4,6H2,1-2H3,(H,15,16)(H,18,19)/b5-3+. The van der Waals surface area contributed by atoms with Gasteiger partial charge in [-0.2, -0.15) is 0 Å². The average molecular weight is 312 g/mol. The Morgan fingerprint density at radius 1 is 1.52 bits per heavy atom. The van der Waals surface area contributed by atoms with Crippen molar-refractivity contribution in [3.05, 3.63) is 22.2 Å². The fourth-order valence-electron chi connectivity index (χ4n) is 1.46. The summed E-state index contributed by atoms with van der Waals surface area (Å²) in [5, 5.41) is 14.0. The summed E-state index contributed by atoms with van der Waals surface area (Å²) < 4.78 is 4.43. The van der Waals surface area contributed by atoms with Crippen molar-refractivity contribution < 1.29 is 24.2 Å². The number of aryl methyl sites for hydroxylation is 1. The number of rotatable bonds is 7. The van der Waals surface area contributed by atoms with E-state index in [1.54, 1.807) is 5.38 Å². The lowest BCUT2D eigenvalue weighted by molar-refractivity contribution is -0.143. The number of methoxy groups -OCH3 is 1. The molecule has 0 saturated carbocycles. The average Bonchev–Trinajstić information content (AvgIpc) is 2.86. The lowest BCUT2D eigenvalue weighted by atomic mass is 10.1. The largest absolute Gasteiger partial charge is 0.480 e. The van der Waals surface area contributed by atoms with Gasteiger partial charge in [0.15, 0.2) is 0 Å². The zero-order valence-electron chi connectivity index (χ0n) is 11.7. The molecule has 1 aromatic heterocycles. The van der Waals surface area contributed by atoms with Gasteiger partial charge in [-0.05, 0) is 19.4 Å². The van der Waals surface area contributed by atoms with Gasteiger partial charge in [-0.3, -0.25) is 9.59 Å². The maximum absolute atomic E-state index is 11.7. The summed E-state index contributed by atoms with van der Waals surface area (Å²) in [6.45, 7) is 1.84. The van der Waals surface area contributed by atoms with Gasteiger partial charge in [0.2, 0.25) is 5.91 Å². The van der Waals surface area contributed by atoms with Crippen molar-refractivity contribution >= 4 is 35.3 Å². The van der Waals surface area contributed by atoms with E-state index in [1.807, 2.05) is 6.92 Å². The Bertz CT molecular complexity index is 553. The number of carboxylic acids is 1. The normalized spacial score (nSPS) is 12.1. The van der Waals surface area contributed by atoms with E-state index in [-0.39, 0.29) is 12.8 Å². The molecule has 0 aliphatic heterocycles. The topological polar surface area (TPSA) is 106 Å². The van der Waals surface area contributed by atoms with Crippen molar-refractivity contribution in [2.24, 2.45) is 0 Å². The van der Waals surface area contributed by atoms with Gasteiger partial charge in [0.25, 0.3) is 0 Å². The lowest BCUT2D eigenvalue weighted by Crippen LogP contribution is -2.40. The molecule has 0 aromatic carbocycles. The summed E-state index contributed by atoms with van der Waals surface area (Å²) in [6, 6.07) is -1.14. The molecule has 1 aromatic rings. The molecule has 1 atom stereocenters. The molecule has 0 bridgehead atoms. The number of amides is 1. The first kappa shape index (κ1) is 16.8.